The minimum absolute atomic E-state index is 0.0442. The highest BCUT2D eigenvalue weighted by Gasteiger charge is 2.27. The number of nitro groups is 1. The van der Waals surface area contributed by atoms with Crippen LogP contribution in [0.3, 0.4) is 0 Å². The van der Waals surface area contributed by atoms with E-state index in [1.807, 2.05) is 0 Å². The minimum Gasteiger partial charge on any atom is -0.481 e. The van der Waals surface area contributed by atoms with Gasteiger partial charge in [0.2, 0.25) is 0 Å². The van der Waals surface area contributed by atoms with Crippen LogP contribution in [0, 0.1) is 16.0 Å². The van der Waals surface area contributed by atoms with Crippen LogP contribution in [0.2, 0.25) is 5.02 Å². The fourth-order valence-corrected chi connectivity index (χ4v) is 2.77. The van der Waals surface area contributed by atoms with Gasteiger partial charge in [-0.3, -0.25) is 14.9 Å². The largest absolute Gasteiger partial charge is 0.481 e. The van der Waals surface area contributed by atoms with Crippen LogP contribution < -0.4 is 5.32 Å². The third-order valence-electron chi connectivity index (χ3n) is 3.61. The average molecular weight is 299 g/mol. The summed E-state index contributed by atoms with van der Waals surface area (Å²) >= 11 is 5.85. The molecule has 7 heteroatoms. The first-order chi connectivity index (χ1) is 9.49. The zero-order valence-corrected chi connectivity index (χ0v) is 11.5. The number of carbonyl (C=O) groups is 1. The number of anilines is 1. The van der Waals surface area contributed by atoms with E-state index >= 15 is 0 Å². The van der Waals surface area contributed by atoms with Crippen molar-refractivity contribution >= 4 is 28.9 Å². The molecule has 0 spiro atoms. The van der Waals surface area contributed by atoms with Crippen molar-refractivity contribution in [3.63, 3.8) is 0 Å². The summed E-state index contributed by atoms with van der Waals surface area (Å²) in [5.41, 5.74) is 0.260. The highest BCUT2D eigenvalue weighted by molar-refractivity contribution is 6.33. The molecule has 0 unspecified atom stereocenters. The van der Waals surface area contributed by atoms with Gasteiger partial charge < -0.3 is 10.4 Å². The van der Waals surface area contributed by atoms with Crippen LogP contribution >= 0.6 is 11.6 Å². The van der Waals surface area contributed by atoms with Gasteiger partial charge in [-0.2, -0.15) is 0 Å². The monoisotopic (exact) mass is 298 g/mol. The van der Waals surface area contributed by atoms with E-state index in [0.29, 0.717) is 31.4 Å². The van der Waals surface area contributed by atoms with Crippen molar-refractivity contribution in [1.29, 1.82) is 0 Å². The molecule has 108 valence electrons. The van der Waals surface area contributed by atoms with Crippen LogP contribution in [-0.2, 0) is 4.79 Å². The molecule has 0 heterocycles. The SMILES string of the molecule is O=C(O)C1CCC(Nc2cccc(Cl)c2[N+](=O)[O-])CC1. The fourth-order valence-electron chi connectivity index (χ4n) is 2.52. The molecule has 0 aliphatic heterocycles. The van der Waals surface area contributed by atoms with Gasteiger partial charge in [0.1, 0.15) is 10.7 Å². The molecule has 2 N–H and O–H groups in total. The van der Waals surface area contributed by atoms with E-state index in [9.17, 15) is 14.9 Å². The summed E-state index contributed by atoms with van der Waals surface area (Å²) in [6, 6.07) is 4.79. The van der Waals surface area contributed by atoms with E-state index in [1.165, 1.54) is 6.07 Å². The topological polar surface area (TPSA) is 92.5 Å². The quantitative estimate of drug-likeness (QED) is 0.657. The van der Waals surface area contributed by atoms with Gasteiger partial charge in [-0.05, 0) is 37.8 Å². The number of carboxylic acid groups (broad SMARTS) is 1. The first-order valence-corrected chi connectivity index (χ1v) is 6.79. The summed E-state index contributed by atoms with van der Waals surface area (Å²) in [7, 11) is 0. The van der Waals surface area contributed by atoms with Gasteiger partial charge in [0, 0.05) is 6.04 Å². The molecule has 1 aromatic rings. The number of para-hydroxylation sites is 1. The second kappa shape index (κ2) is 6.09. The second-order valence-electron chi connectivity index (χ2n) is 4.92. The van der Waals surface area contributed by atoms with Crippen LogP contribution in [0.4, 0.5) is 11.4 Å². The molecule has 1 aliphatic carbocycles. The average Bonchev–Trinajstić information content (AvgIpc) is 2.39. The predicted octanol–water partition coefficient (Wildman–Crippen LogP) is 3.30. The molecule has 0 aromatic heterocycles. The van der Waals surface area contributed by atoms with Crippen LogP contribution in [0.25, 0.3) is 0 Å². The highest BCUT2D eigenvalue weighted by atomic mass is 35.5. The molecule has 1 aliphatic rings. The molecule has 1 saturated carbocycles. The summed E-state index contributed by atoms with van der Waals surface area (Å²) in [4.78, 5) is 21.4. The number of benzene rings is 1. The van der Waals surface area contributed by atoms with Crippen LogP contribution in [-0.4, -0.2) is 22.0 Å². The summed E-state index contributed by atoms with van der Waals surface area (Å²) < 4.78 is 0. The molecule has 0 bridgehead atoms. The Balaban J connectivity index is 2.07. The van der Waals surface area contributed by atoms with Crippen molar-refractivity contribution in [2.45, 2.75) is 31.7 Å². The van der Waals surface area contributed by atoms with E-state index in [1.54, 1.807) is 12.1 Å². The normalized spacial score (nSPS) is 22.2. The van der Waals surface area contributed by atoms with Crippen LogP contribution in [0.1, 0.15) is 25.7 Å². The van der Waals surface area contributed by atoms with E-state index < -0.39 is 10.9 Å². The van der Waals surface area contributed by atoms with Crippen molar-refractivity contribution in [2.75, 3.05) is 5.32 Å². The highest BCUT2D eigenvalue weighted by Crippen LogP contribution is 2.34. The standard InChI is InChI=1S/C13H15ClN2O4/c14-10-2-1-3-11(12(10)16(19)20)15-9-6-4-8(5-7-9)13(17)18/h1-3,8-9,15H,4-7H2,(H,17,18). The summed E-state index contributed by atoms with van der Waals surface area (Å²) in [6.07, 6.45) is 2.53. The lowest BCUT2D eigenvalue weighted by Crippen LogP contribution is -2.29. The van der Waals surface area contributed by atoms with Crippen LogP contribution in [0.15, 0.2) is 18.2 Å². The molecule has 2 rings (SSSR count). The van der Waals surface area contributed by atoms with Crippen molar-refractivity contribution in [1.82, 2.24) is 0 Å². The Morgan fingerprint density at radius 3 is 2.55 bits per heavy atom. The first kappa shape index (κ1) is 14.6. The van der Waals surface area contributed by atoms with Gasteiger partial charge in [0.05, 0.1) is 10.8 Å². The van der Waals surface area contributed by atoms with Gasteiger partial charge in [0.25, 0.3) is 0 Å². The van der Waals surface area contributed by atoms with E-state index in [0.717, 1.165) is 0 Å². The van der Waals surface area contributed by atoms with E-state index in [2.05, 4.69) is 5.32 Å². The van der Waals surface area contributed by atoms with E-state index in [-0.39, 0.29) is 22.7 Å². The minimum atomic E-state index is -0.766. The number of hydrogen-bond acceptors (Lipinski definition) is 4. The molecular formula is C13H15ClN2O4. The molecule has 0 saturated heterocycles. The molecule has 0 amide bonds. The summed E-state index contributed by atoms with van der Waals surface area (Å²) in [5, 5.41) is 23.2. The zero-order chi connectivity index (χ0) is 14.7. The predicted molar refractivity (Wildman–Crippen MR) is 75.1 cm³/mol. The molecular weight excluding hydrogens is 284 g/mol. The Kier molecular flexibility index (Phi) is 4.44. The molecule has 1 fully saturated rings. The Morgan fingerprint density at radius 1 is 1.35 bits per heavy atom. The van der Waals surface area contributed by atoms with Gasteiger partial charge in [-0.15, -0.1) is 0 Å². The third-order valence-corrected chi connectivity index (χ3v) is 3.91. The van der Waals surface area contributed by atoms with Gasteiger partial charge in [0.15, 0.2) is 0 Å². The fraction of sp³-hybridized carbons (Fsp3) is 0.462. The Bertz CT molecular complexity index is 527. The lowest BCUT2D eigenvalue weighted by molar-refractivity contribution is -0.383. The van der Waals surface area contributed by atoms with Gasteiger partial charge in [-0.1, -0.05) is 17.7 Å². The van der Waals surface area contributed by atoms with E-state index in [4.69, 9.17) is 16.7 Å². The smallest absolute Gasteiger partial charge is 0.310 e. The van der Waals surface area contributed by atoms with Crippen molar-refractivity contribution in [2.24, 2.45) is 5.92 Å². The number of nitrogens with one attached hydrogen (secondary N) is 1. The number of halogens is 1. The van der Waals surface area contributed by atoms with Crippen molar-refractivity contribution in [3.8, 4) is 0 Å². The lowest BCUT2D eigenvalue weighted by Gasteiger charge is -2.27. The summed E-state index contributed by atoms with van der Waals surface area (Å²) in [5.74, 6) is -1.07. The maximum Gasteiger partial charge on any atom is 0.310 e. The van der Waals surface area contributed by atoms with Crippen LogP contribution in [0.5, 0.6) is 0 Å². The number of nitro benzene ring substituents is 1. The molecule has 1 aromatic carbocycles. The number of nitrogens with zero attached hydrogens (tertiary/aromatic N) is 1. The number of hydrogen-bond donors (Lipinski definition) is 2. The Labute approximate surface area is 120 Å². The van der Waals surface area contributed by atoms with Crippen molar-refractivity contribution < 1.29 is 14.8 Å². The first-order valence-electron chi connectivity index (χ1n) is 6.41. The number of carboxylic acids is 1. The molecule has 0 atom stereocenters. The molecule has 6 nitrogen and oxygen atoms in total. The van der Waals surface area contributed by atoms with Gasteiger partial charge in [-0.25, -0.2) is 0 Å². The molecule has 20 heavy (non-hydrogen) atoms. The molecule has 0 radical (unpaired) electrons. The number of rotatable bonds is 4. The Morgan fingerprint density at radius 2 is 2.00 bits per heavy atom. The zero-order valence-electron chi connectivity index (χ0n) is 10.7. The van der Waals surface area contributed by atoms with Crippen molar-refractivity contribution in [3.05, 3.63) is 33.3 Å². The number of aliphatic carboxylic acids is 1. The maximum atomic E-state index is 11.0. The summed E-state index contributed by atoms with van der Waals surface area (Å²) in [6.45, 7) is 0. The maximum absolute atomic E-state index is 11.0. The second-order valence-corrected chi connectivity index (χ2v) is 5.33. The lowest BCUT2D eigenvalue weighted by atomic mass is 9.86. The third kappa shape index (κ3) is 3.19. The van der Waals surface area contributed by atoms with Gasteiger partial charge >= 0.3 is 11.7 Å². The Hall–Kier alpha value is -1.82.